The van der Waals surface area contributed by atoms with Gasteiger partial charge in [0.25, 0.3) is 0 Å². The molecule has 4 heteroatoms. The lowest BCUT2D eigenvalue weighted by Gasteiger charge is -2.34. The molecule has 1 heterocycles. The van der Waals surface area contributed by atoms with Crippen LogP contribution in [0.25, 0.3) is 0 Å². The van der Waals surface area contributed by atoms with Crippen molar-refractivity contribution in [2.45, 2.75) is 18.4 Å². The van der Waals surface area contributed by atoms with Gasteiger partial charge in [0.15, 0.2) is 0 Å². The molecule has 0 aromatic heterocycles. The number of nitrogen functional groups attached to an aromatic ring is 1. The molecule has 2 rings (SSSR count). The van der Waals surface area contributed by atoms with Crippen molar-refractivity contribution in [1.82, 2.24) is 5.32 Å². The molecule has 0 amide bonds. The Balaban J connectivity index is 2.35. The molecule has 1 aromatic rings. The molecule has 1 aliphatic heterocycles. The van der Waals surface area contributed by atoms with Crippen LogP contribution in [-0.4, -0.2) is 18.2 Å². The number of piperidine rings is 1. The summed E-state index contributed by atoms with van der Waals surface area (Å²) >= 11 is 3.36. The van der Waals surface area contributed by atoms with Crippen molar-refractivity contribution in [2.24, 2.45) is 0 Å². The number of anilines is 1. The standard InChI is InChI=1S/C11H15BrN2O/c12-8-2-3-9(10(13)6-8)11(15)4-1-5-14-7-11/h2-3,6,14-15H,1,4-5,7,13H2. The molecular formula is C11H15BrN2O. The van der Waals surface area contributed by atoms with E-state index in [1.165, 1.54) is 0 Å². The van der Waals surface area contributed by atoms with E-state index in [2.05, 4.69) is 21.2 Å². The van der Waals surface area contributed by atoms with E-state index in [-0.39, 0.29) is 0 Å². The fourth-order valence-electron chi connectivity index (χ4n) is 2.08. The normalized spacial score (nSPS) is 26.5. The maximum Gasteiger partial charge on any atom is 0.104 e. The quantitative estimate of drug-likeness (QED) is 0.680. The van der Waals surface area contributed by atoms with E-state index in [1.807, 2.05) is 18.2 Å². The van der Waals surface area contributed by atoms with Crippen molar-refractivity contribution in [2.75, 3.05) is 18.8 Å². The first kappa shape index (κ1) is 10.9. The number of aliphatic hydroxyl groups is 1. The van der Waals surface area contributed by atoms with E-state index in [4.69, 9.17) is 5.73 Å². The second-order valence-corrected chi connectivity index (χ2v) is 4.96. The Kier molecular flexibility index (Phi) is 3.00. The van der Waals surface area contributed by atoms with Gasteiger partial charge in [0.05, 0.1) is 0 Å². The molecule has 1 fully saturated rings. The number of rotatable bonds is 1. The van der Waals surface area contributed by atoms with Gasteiger partial charge in [-0.2, -0.15) is 0 Å². The molecule has 0 aliphatic carbocycles. The highest BCUT2D eigenvalue weighted by Gasteiger charge is 2.32. The molecule has 1 unspecified atom stereocenters. The van der Waals surface area contributed by atoms with Crippen LogP contribution in [0.15, 0.2) is 22.7 Å². The zero-order valence-electron chi connectivity index (χ0n) is 8.46. The molecule has 82 valence electrons. The number of β-amino-alcohol motifs (C(OH)–C–C–N with tert-alkyl or cyclic N) is 1. The SMILES string of the molecule is Nc1cc(Br)ccc1C1(O)CCCNC1. The monoisotopic (exact) mass is 270 g/mol. The van der Waals surface area contributed by atoms with Gasteiger partial charge >= 0.3 is 0 Å². The smallest absolute Gasteiger partial charge is 0.104 e. The summed E-state index contributed by atoms with van der Waals surface area (Å²) in [5.74, 6) is 0. The van der Waals surface area contributed by atoms with Gasteiger partial charge in [0, 0.05) is 22.3 Å². The Morgan fingerprint density at radius 1 is 1.47 bits per heavy atom. The van der Waals surface area contributed by atoms with Crippen molar-refractivity contribution < 1.29 is 5.11 Å². The highest BCUT2D eigenvalue weighted by molar-refractivity contribution is 9.10. The third kappa shape index (κ3) is 2.17. The average molecular weight is 271 g/mol. The summed E-state index contributed by atoms with van der Waals surface area (Å²) in [6.45, 7) is 1.55. The fourth-order valence-corrected chi connectivity index (χ4v) is 2.46. The molecule has 0 spiro atoms. The van der Waals surface area contributed by atoms with Crippen LogP contribution in [0.2, 0.25) is 0 Å². The minimum atomic E-state index is -0.803. The Labute approximate surface area is 97.8 Å². The number of hydrogen-bond donors (Lipinski definition) is 3. The minimum Gasteiger partial charge on any atom is -0.398 e. The van der Waals surface area contributed by atoms with Crippen molar-refractivity contribution in [3.05, 3.63) is 28.2 Å². The third-order valence-electron chi connectivity index (χ3n) is 2.88. The Hall–Kier alpha value is -0.580. The highest BCUT2D eigenvalue weighted by Crippen LogP contribution is 2.33. The van der Waals surface area contributed by atoms with Crippen molar-refractivity contribution in [3.63, 3.8) is 0 Å². The van der Waals surface area contributed by atoms with Crippen LogP contribution in [0, 0.1) is 0 Å². The number of hydrogen-bond acceptors (Lipinski definition) is 3. The molecule has 15 heavy (non-hydrogen) atoms. The lowest BCUT2D eigenvalue weighted by molar-refractivity contribution is 0.0130. The van der Waals surface area contributed by atoms with Gasteiger partial charge in [0.1, 0.15) is 5.60 Å². The number of nitrogens with two attached hydrogens (primary N) is 1. The topological polar surface area (TPSA) is 58.3 Å². The van der Waals surface area contributed by atoms with E-state index in [9.17, 15) is 5.11 Å². The predicted octanol–water partition coefficient (Wildman–Crippen LogP) is 1.60. The van der Waals surface area contributed by atoms with Crippen LogP contribution in [0.1, 0.15) is 18.4 Å². The Bertz CT molecular complexity index is 362. The molecule has 1 aliphatic rings. The summed E-state index contributed by atoms with van der Waals surface area (Å²) < 4.78 is 0.941. The van der Waals surface area contributed by atoms with Gasteiger partial charge in [-0.25, -0.2) is 0 Å². The summed E-state index contributed by atoms with van der Waals surface area (Å²) in [6.07, 6.45) is 1.75. The van der Waals surface area contributed by atoms with Gasteiger partial charge in [-0.3, -0.25) is 0 Å². The van der Waals surface area contributed by atoms with Crippen LogP contribution in [0.4, 0.5) is 5.69 Å². The average Bonchev–Trinajstić information content (AvgIpc) is 2.18. The molecule has 0 radical (unpaired) electrons. The van der Waals surface area contributed by atoms with Gasteiger partial charge in [-0.15, -0.1) is 0 Å². The van der Waals surface area contributed by atoms with Gasteiger partial charge < -0.3 is 16.2 Å². The van der Waals surface area contributed by atoms with Crippen LogP contribution in [0.5, 0.6) is 0 Å². The molecule has 3 nitrogen and oxygen atoms in total. The molecule has 1 atom stereocenters. The van der Waals surface area contributed by atoms with Crippen LogP contribution < -0.4 is 11.1 Å². The van der Waals surface area contributed by atoms with E-state index in [1.54, 1.807) is 0 Å². The molecule has 0 saturated carbocycles. The van der Waals surface area contributed by atoms with Crippen molar-refractivity contribution >= 4 is 21.6 Å². The summed E-state index contributed by atoms with van der Waals surface area (Å²) in [7, 11) is 0. The summed E-state index contributed by atoms with van der Waals surface area (Å²) in [5.41, 5.74) is 6.60. The first-order valence-electron chi connectivity index (χ1n) is 5.10. The van der Waals surface area contributed by atoms with E-state index >= 15 is 0 Å². The van der Waals surface area contributed by atoms with Gasteiger partial charge in [-0.1, -0.05) is 22.0 Å². The van der Waals surface area contributed by atoms with E-state index in [0.29, 0.717) is 12.2 Å². The molecule has 4 N–H and O–H groups in total. The lowest BCUT2D eigenvalue weighted by atomic mass is 9.86. The lowest BCUT2D eigenvalue weighted by Crippen LogP contribution is -2.43. The van der Waals surface area contributed by atoms with Crippen LogP contribution in [0.3, 0.4) is 0 Å². The van der Waals surface area contributed by atoms with E-state index in [0.717, 1.165) is 29.4 Å². The maximum absolute atomic E-state index is 10.5. The van der Waals surface area contributed by atoms with Crippen molar-refractivity contribution in [1.29, 1.82) is 0 Å². The Morgan fingerprint density at radius 2 is 2.27 bits per heavy atom. The van der Waals surface area contributed by atoms with Gasteiger partial charge in [-0.05, 0) is 31.5 Å². The highest BCUT2D eigenvalue weighted by atomic mass is 79.9. The zero-order chi connectivity index (χ0) is 10.9. The molecule has 1 saturated heterocycles. The first-order chi connectivity index (χ1) is 7.12. The van der Waals surface area contributed by atoms with Crippen molar-refractivity contribution in [3.8, 4) is 0 Å². The number of benzene rings is 1. The minimum absolute atomic E-state index is 0.582. The Morgan fingerprint density at radius 3 is 2.87 bits per heavy atom. The van der Waals surface area contributed by atoms with Gasteiger partial charge in [0.2, 0.25) is 0 Å². The molecule has 1 aromatic carbocycles. The number of halogens is 1. The number of nitrogens with one attached hydrogen (secondary N) is 1. The second kappa shape index (κ2) is 4.12. The summed E-state index contributed by atoms with van der Waals surface area (Å²) in [6, 6.07) is 5.65. The third-order valence-corrected chi connectivity index (χ3v) is 3.37. The van der Waals surface area contributed by atoms with Crippen LogP contribution >= 0.6 is 15.9 Å². The molecular weight excluding hydrogens is 256 g/mol. The first-order valence-corrected chi connectivity index (χ1v) is 5.90. The fraction of sp³-hybridized carbons (Fsp3) is 0.455. The van der Waals surface area contributed by atoms with Crippen LogP contribution in [-0.2, 0) is 5.60 Å². The molecule has 0 bridgehead atoms. The maximum atomic E-state index is 10.5. The summed E-state index contributed by atoms with van der Waals surface area (Å²) in [4.78, 5) is 0. The summed E-state index contributed by atoms with van der Waals surface area (Å²) in [5, 5.41) is 13.7. The predicted molar refractivity (Wildman–Crippen MR) is 64.6 cm³/mol. The largest absolute Gasteiger partial charge is 0.398 e. The van der Waals surface area contributed by atoms with E-state index < -0.39 is 5.60 Å². The second-order valence-electron chi connectivity index (χ2n) is 4.04. The zero-order valence-corrected chi connectivity index (χ0v) is 10.0.